The summed E-state index contributed by atoms with van der Waals surface area (Å²) in [6, 6.07) is 5.40. The number of aryl methyl sites for hydroxylation is 2. The lowest BCUT2D eigenvalue weighted by molar-refractivity contribution is -0.115. The fourth-order valence-corrected chi connectivity index (χ4v) is 3.21. The van der Waals surface area contributed by atoms with Gasteiger partial charge in [0, 0.05) is 32.4 Å². The Morgan fingerprint density at radius 2 is 1.75 bits per heavy atom. The Bertz CT molecular complexity index is 1090. The predicted molar refractivity (Wildman–Crippen MR) is 119 cm³/mol. The van der Waals surface area contributed by atoms with E-state index in [1.807, 2.05) is 33.2 Å². The van der Waals surface area contributed by atoms with E-state index in [-0.39, 0.29) is 23.9 Å². The van der Waals surface area contributed by atoms with Gasteiger partial charge in [0.2, 0.25) is 5.91 Å². The fourth-order valence-electron chi connectivity index (χ4n) is 3.21. The number of benzene rings is 1. The van der Waals surface area contributed by atoms with Crippen LogP contribution >= 0.6 is 0 Å². The Morgan fingerprint density at radius 1 is 1.00 bits per heavy atom. The highest BCUT2D eigenvalue weighted by Crippen LogP contribution is 2.29. The number of ether oxygens (including phenoxy) is 2. The van der Waals surface area contributed by atoms with Gasteiger partial charge in [-0.15, -0.1) is 0 Å². The molecule has 0 radical (unpaired) electrons. The second-order valence-electron chi connectivity index (χ2n) is 7.11. The van der Waals surface area contributed by atoms with Crippen molar-refractivity contribution in [2.24, 2.45) is 14.1 Å². The normalized spacial score (nSPS) is 10.6. The van der Waals surface area contributed by atoms with Crippen molar-refractivity contribution in [3.8, 4) is 11.5 Å². The summed E-state index contributed by atoms with van der Waals surface area (Å²) < 4.78 is 14.3. The standard InChI is InChI=1S/C22H28N6O4/c1-5-31-18-8-7-15(9-19(18)32-6-2)10-20(29)26-17-13-25-28(4)21(17)22(30)23-11-16-12-24-27(3)14-16/h7-9,12-14H,5-6,10-11H2,1-4H3,(H,23,30)(H,26,29). The number of nitrogens with one attached hydrogen (secondary N) is 2. The van der Waals surface area contributed by atoms with Crippen molar-refractivity contribution < 1.29 is 19.1 Å². The summed E-state index contributed by atoms with van der Waals surface area (Å²) in [5, 5.41) is 13.8. The molecule has 0 unspecified atom stereocenters. The van der Waals surface area contributed by atoms with Gasteiger partial charge in [0.15, 0.2) is 11.5 Å². The first-order valence-corrected chi connectivity index (χ1v) is 10.4. The molecule has 10 nitrogen and oxygen atoms in total. The molecule has 3 rings (SSSR count). The lowest BCUT2D eigenvalue weighted by Crippen LogP contribution is -2.27. The molecule has 10 heteroatoms. The third-order valence-corrected chi connectivity index (χ3v) is 4.61. The lowest BCUT2D eigenvalue weighted by Gasteiger charge is -2.12. The van der Waals surface area contributed by atoms with Gasteiger partial charge in [-0.25, -0.2) is 0 Å². The molecule has 0 atom stereocenters. The highest BCUT2D eigenvalue weighted by atomic mass is 16.5. The van der Waals surface area contributed by atoms with Crippen LogP contribution in [0.4, 0.5) is 5.69 Å². The summed E-state index contributed by atoms with van der Waals surface area (Å²) in [6.07, 6.45) is 5.07. The van der Waals surface area contributed by atoms with E-state index < -0.39 is 0 Å². The van der Waals surface area contributed by atoms with E-state index in [9.17, 15) is 9.59 Å². The Morgan fingerprint density at radius 3 is 2.44 bits per heavy atom. The van der Waals surface area contributed by atoms with E-state index in [0.717, 1.165) is 11.1 Å². The Kier molecular flexibility index (Phi) is 7.48. The van der Waals surface area contributed by atoms with Crippen LogP contribution in [0.15, 0.2) is 36.8 Å². The molecule has 1 aromatic carbocycles. The van der Waals surface area contributed by atoms with Gasteiger partial charge < -0.3 is 20.1 Å². The van der Waals surface area contributed by atoms with Crippen LogP contribution in [0.25, 0.3) is 0 Å². The lowest BCUT2D eigenvalue weighted by atomic mass is 10.1. The largest absolute Gasteiger partial charge is 0.490 e. The van der Waals surface area contributed by atoms with Crippen molar-refractivity contribution in [1.29, 1.82) is 0 Å². The van der Waals surface area contributed by atoms with Crippen molar-refractivity contribution in [2.75, 3.05) is 18.5 Å². The highest BCUT2D eigenvalue weighted by Gasteiger charge is 2.19. The number of hydrogen-bond acceptors (Lipinski definition) is 6. The van der Waals surface area contributed by atoms with Gasteiger partial charge >= 0.3 is 0 Å². The second kappa shape index (κ2) is 10.5. The molecule has 2 amide bonds. The number of nitrogens with zero attached hydrogens (tertiary/aromatic N) is 4. The zero-order valence-corrected chi connectivity index (χ0v) is 18.7. The maximum atomic E-state index is 12.7. The number of aromatic nitrogens is 4. The van der Waals surface area contributed by atoms with Crippen molar-refractivity contribution in [2.45, 2.75) is 26.8 Å². The summed E-state index contributed by atoms with van der Waals surface area (Å²) in [5.74, 6) is 0.615. The van der Waals surface area contributed by atoms with Gasteiger partial charge in [0.05, 0.1) is 37.7 Å². The van der Waals surface area contributed by atoms with Gasteiger partial charge in [-0.1, -0.05) is 6.07 Å². The number of anilines is 1. The first-order chi connectivity index (χ1) is 15.4. The van der Waals surface area contributed by atoms with E-state index >= 15 is 0 Å². The minimum Gasteiger partial charge on any atom is -0.490 e. The maximum Gasteiger partial charge on any atom is 0.271 e. The van der Waals surface area contributed by atoms with E-state index in [4.69, 9.17) is 9.47 Å². The molecule has 0 aliphatic rings. The second-order valence-corrected chi connectivity index (χ2v) is 7.11. The van der Waals surface area contributed by atoms with Crippen LogP contribution in [-0.4, -0.2) is 44.6 Å². The smallest absolute Gasteiger partial charge is 0.271 e. The summed E-state index contributed by atoms with van der Waals surface area (Å²) in [7, 11) is 3.46. The van der Waals surface area contributed by atoms with Crippen LogP contribution in [0.1, 0.15) is 35.5 Å². The third kappa shape index (κ3) is 5.65. The minimum atomic E-state index is -0.344. The number of amides is 2. The summed E-state index contributed by atoms with van der Waals surface area (Å²) in [6.45, 7) is 5.11. The molecule has 32 heavy (non-hydrogen) atoms. The topological polar surface area (TPSA) is 112 Å². The molecule has 0 bridgehead atoms. The van der Waals surface area contributed by atoms with Crippen molar-refractivity contribution in [1.82, 2.24) is 24.9 Å². The summed E-state index contributed by atoms with van der Waals surface area (Å²) in [4.78, 5) is 25.4. The number of hydrogen-bond donors (Lipinski definition) is 2. The number of carbonyl (C=O) groups excluding carboxylic acids is 2. The predicted octanol–water partition coefficient (Wildman–Crippen LogP) is 2.06. The summed E-state index contributed by atoms with van der Waals surface area (Å²) in [5.41, 5.74) is 2.25. The molecule has 2 heterocycles. The van der Waals surface area contributed by atoms with Crippen LogP contribution in [-0.2, 0) is 31.9 Å². The SMILES string of the molecule is CCOc1ccc(CC(=O)Nc2cnn(C)c2C(=O)NCc2cnn(C)c2)cc1OCC. The van der Waals surface area contributed by atoms with Gasteiger partial charge in [-0.3, -0.25) is 19.0 Å². The van der Waals surface area contributed by atoms with Crippen LogP contribution in [0.5, 0.6) is 11.5 Å². The van der Waals surface area contributed by atoms with Gasteiger partial charge in [0.25, 0.3) is 5.91 Å². The average Bonchev–Trinajstić information content (AvgIpc) is 3.33. The molecule has 2 aromatic heterocycles. The molecule has 0 spiro atoms. The zero-order chi connectivity index (χ0) is 23.1. The van der Waals surface area contributed by atoms with Crippen LogP contribution in [0.3, 0.4) is 0 Å². The Hall–Kier alpha value is -3.82. The van der Waals surface area contributed by atoms with Crippen LogP contribution in [0.2, 0.25) is 0 Å². The van der Waals surface area contributed by atoms with E-state index in [1.54, 1.807) is 30.1 Å². The molecule has 0 aliphatic heterocycles. The van der Waals surface area contributed by atoms with Crippen LogP contribution < -0.4 is 20.1 Å². The van der Waals surface area contributed by atoms with Crippen molar-refractivity contribution >= 4 is 17.5 Å². The molecule has 3 aromatic rings. The molecule has 170 valence electrons. The molecule has 0 fully saturated rings. The van der Waals surface area contributed by atoms with E-state index in [1.165, 1.54) is 10.9 Å². The maximum absolute atomic E-state index is 12.7. The zero-order valence-electron chi connectivity index (χ0n) is 18.7. The van der Waals surface area contributed by atoms with Gasteiger partial charge in [0.1, 0.15) is 5.69 Å². The highest BCUT2D eigenvalue weighted by molar-refractivity contribution is 6.02. The molecule has 2 N–H and O–H groups in total. The number of rotatable bonds is 10. The molecular weight excluding hydrogens is 412 g/mol. The number of carbonyl (C=O) groups is 2. The monoisotopic (exact) mass is 440 g/mol. The quantitative estimate of drug-likeness (QED) is 0.499. The van der Waals surface area contributed by atoms with Crippen molar-refractivity contribution in [3.05, 3.63) is 53.6 Å². The Balaban J connectivity index is 1.66. The molecule has 0 aliphatic carbocycles. The van der Waals surface area contributed by atoms with E-state index in [0.29, 0.717) is 36.9 Å². The summed E-state index contributed by atoms with van der Waals surface area (Å²) >= 11 is 0. The average molecular weight is 441 g/mol. The fraction of sp³-hybridized carbons (Fsp3) is 0.364. The Labute approximate surface area is 186 Å². The van der Waals surface area contributed by atoms with Gasteiger partial charge in [-0.2, -0.15) is 10.2 Å². The molecule has 0 saturated carbocycles. The third-order valence-electron chi connectivity index (χ3n) is 4.61. The molecule has 0 saturated heterocycles. The van der Waals surface area contributed by atoms with Gasteiger partial charge in [-0.05, 0) is 31.5 Å². The molecular formula is C22H28N6O4. The van der Waals surface area contributed by atoms with Crippen molar-refractivity contribution in [3.63, 3.8) is 0 Å². The first kappa shape index (κ1) is 22.9. The van der Waals surface area contributed by atoms with Crippen LogP contribution in [0, 0.1) is 0 Å². The minimum absolute atomic E-state index is 0.109. The van der Waals surface area contributed by atoms with E-state index in [2.05, 4.69) is 20.8 Å². The first-order valence-electron chi connectivity index (χ1n) is 10.4.